The highest BCUT2D eigenvalue weighted by atomic mass is 35.5. The van der Waals surface area contributed by atoms with Gasteiger partial charge < -0.3 is 10.5 Å². The lowest BCUT2D eigenvalue weighted by atomic mass is 10.00. The van der Waals surface area contributed by atoms with Crippen molar-refractivity contribution in [3.63, 3.8) is 0 Å². The van der Waals surface area contributed by atoms with E-state index in [9.17, 15) is 4.39 Å². The van der Waals surface area contributed by atoms with Gasteiger partial charge in [-0.25, -0.2) is 4.39 Å². The quantitative estimate of drug-likeness (QED) is 0.864. The molecule has 90 valence electrons. The average Bonchev–Trinajstić information content (AvgIpc) is 2.25. The van der Waals surface area contributed by atoms with Crippen LogP contribution in [-0.4, -0.2) is 12.7 Å². The fourth-order valence-corrected chi connectivity index (χ4v) is 1.82. The van der Waals surface area contributed by atoms with E-state index in [1.165, 1.54) is 6.07 Å². The molecule has 0 spiro atoms. The van der Waals surface area contributed by atoms with E-state index in [1.54, 1.807) is 12.1 Å². The summed E-state index contributed by atoms with van der Waals surface area (Å²) in [6.45, 7) is 4.43. The van der Waals surface area contributed by atoms with Gasteiger partial charge in [0.1, 0.15) is 5.82 Å². The molecule has 0 aliphatic heterocycles. The number of hydrogen-bond donors (Lipinski definition) is 1. The van der Waals surface area contributed by atoms with Crippen LogP contribution in [0.5, 0.6) is 0 Å². The van der Waals surface area contributed by atoms with Crippen molar-refractivity contribution in [1.29, 1.82) is 0 Å². The Morgan fingerprint density at radius 2 is 2.12 bits per heavy atom. The van der Waals surface area contributed by atoms with E-state index in [1.807, 2.05) is 13.8 Å². The summed E-state index contributed by atoms with van der Waals surface area (Å²) in [5.41, 5.74) is 6.43. The number of hydrogen-bond acceptors (Lipinski definition) is 2. The van der Waals surface area contributed by atoms with E-state index in [-0.39, 0.29) is 11.9 Å². The van der Waals surface area contributed by atoms with Crippen molar-refractivity contribution >= 4 is 11.6 Å². The van der Waals surface area contributed by atoms with E-state index in [0.717, 1.165) is 6.42 Å². The smallest absolute Gasteiger partial charge is 0.129 e. The number of benzene rings is 1. The highest BCUT2D eigenvalue weighted by Gasteiger charge is 2.21. The second-order valence-corrected chi connectivity index (χ2v) is 4.03. The maximum absolute atomic E-state index is 13.6. The number of nitrogens with two attached hydrogens (primary N) is 1. The molecule has 16 heavy (non-hydrogen) atoms. The summed E-state index contributed by atoms with van der Waals surface area (Å²) in [5.74, 6) is -0.377. The third-order valence-corrected chi connectivity index (χ3v) is 2.74. The zero-order valence-corrected chi connectivity index (χ0v) is 10.3. The Morgan fingerprint density at radius 3 is 2.62 bits per heavy atom. The Bertz CT molecular complexity index is 346. The first-order valence-corrected chi connectivity index (χ1v) is 5.80. The number of ether oxygens (including phenoxy) is 1. The number of rotatable bonds is 5. The molecule has 4 heteroatoms. The lowest BCUT2D eigenvalue weighted by Gasteiger charge is -2.23. The van der Waals surface area contributed by atoms with Gasteiger partial charge in [0.05, 0.1) is 12.1 Å². The molecule has 0 amide bonds. The van der Waals surface area contributed by atoms with E-state index >= 15 is 0 Å². The molecule has 2 unspecified atom stereocenters. The van der Waals surface area contributed by atoms with Gasteiger partial charge in [-0.05, 0) is 25.5 Å². The highest BCUT2D eigenvalue weighted by Crippen LogP contribution is 2.24. The van der Waals surface area contributed by atoms with Crippen molar-refractivity contribution in [1.82, 2.24) is 0 Å². The summed E-state index contributed by atoms with van der Waals surface area (Å²) >= 11 is 5.68. The van der Waals surface area contributed by atoms with Gasteiger partial charge >= 0.3 is 0 Å². The lowest BCUT2D eigenvalue weighted by molar-refractivity contribution is 0.0405. The van der Waals surface area contributed by atoms with Crippen molar-refractivity contribution in [2.45, 2.75) is 32.4 Å². The van der Waals surface area contributed by atoms with Crippen molar-refractivity contribution in [3.8, 4) is 0 Å². The maximum Gasteiger partial charge on any atom is 0.129 e. The molecule has 0 aliphatic rings. The standard InChI is InChI=1S/C12H17ClFNO/c1-3-11(16-4-2)12(15)9-6-5-8(13)7-10(9)14/h5-7,11-12H,3-4,15H2,1-2H3. The first-order valence-electron chi connectivity index (χ1n) is 5.42. The molecule has 2 N–H and O–H groups in total. The van der Waals surface area contributed by atoms with Gasteiger partial charge in [-0.3, -0.25) is 0 Å². The molecular weight excluding hydrogens is 229 g/mol. The van der Waals surface area contributed by atoms with E-state index in [0.29, 0.717) is 17.2 Å². The third kappa shape index (κ3) is 3.17. The zero-order valence-electron chi connectivity index (χ0n) is 9.54. The van der Waals surface area contributed by atoms with Crippen LogP contribution in [0.2, 0.25) is 5.02 Å². The van der Waals surface area contributed by atoms with Crippen LogP contribution in [0.4, 0.5) is 4.39 Å². The lowest BCUT2D eigenvalue weighted by Crippen LogP contribution is -2.29. The second kappa shape index (κ2) is 6.18. The van der Waals surface area contributed by atoms with Crippen molar-refractivity contribution in [3.05, 3.63) is 34.6 Å². The molecule has 0 aromatic heterocycles. The summed E-state index contributed by atoms with van der Waals surface area (Å²) < 4.78 is 19.1. The van der Waals surface area contributed by atoms with Gasteiger partial charge in [0.2, 0.25) is 0 Å². The molecule has 0 heterocycles. The summed E-state index contributed by atoms with van der Waals surface area (Å²) in [6.07, 6.45) is 0.581. The van der Waals surface area contributed by atoms with Crippen molar-refractivity contribution < 1.29 is 9.13 Å². The third-order valence-electron chi connectivity index (χ3n) is 2.51. The molecule has 1 aromatic rings. The summed E-state index contributed by atoms with van der Waals surface area (Å²) in [7, 11) is 0. The molecular formula is C12H17ClFNO. The van der Waals surface area contributed by atoms with Gasteiger partial charge in [-0.1, -0.05) is 24.6 Å². The van der Waals surface area contributed by atoms with Crippen LogP contribution >= 0.6 is 11.6 Å². The largest absolute Gasteiger partial charge is 0.377 e. The van der Waals surface area contributed by atoms with Gasteiger partial charge in [0.15, 0.2) is 0 Å². The van der Waals surface area contributed by atoms with Crippen LogP contribution in [0, 0.1) is 5.82 Å². The monoisotopic (exact) mass is 245 g/mol. The molecule has 0 saturated carbocycles. The van der Waals surface area contributed by atoms with Crippen molar-refractivity contribution in [2.24, 2.45) is 5.73 Å². The highest BCUT2D eigenvalue weighted by molar-refractivity contribution is 6.30. The fraction of sp³-hybridized carbons (Fsp3) is 0.500. The molecule has 1 rings (SSSR count). The topological polar surface area (TPSA) is 35.2 Å². The molecule has 2 nitrogen and oxygen atoms in total. The van der Waals surface area contributed by atoms with Gasteiger partial charge in [0.25, 0.3) is 0 Å². The average molecular weight is 246 g/mol. The van der Waals surface area contributed by atoms with Crippen LogP contribution in [0.15, 0.2) is 18.2 Å². The fourth-order valence-electron chi connectivity index (χ4n) is 1.66. The predicted octanol–water partition coefficient (Wildman–Crippen LogP) is 3.29. The Hall–Kier alpha value is -0.640. The first kappa shape index (κ1) is 13.4. The van der Waals surface area contributed by atoms with Crippen LogP contribution in [0.25, 0.3) is 0 Å². The second-order valence-electron chi connectivity index (χ2n) is 3.59. The summed E-state index contributed by atoms with van der Waals surface area (Å²) in [5, 5.41) is 0.373. The normalized spacial score (nSPS) is 14.8. The summed E-state index contributed by atoms with van der Waals surface area (Å²) in [4.78, 5) is 0. The SMILES string of the molecule is CCOC(CC)C(N)c1ccc(Cl)cc1F. The van der Waals surface area contributed by atoms with Crippen LogP contribution in [0.1, 0.15) is 31.9 Å². The molecule has 1 aromatic carbocycles. The van der Waals surface area contributed by atoms with E-state index in [4.69, 9.17) is 22.1 Å². The first-order chi connectivity index (χ1) is 7.60. The minimum absolute atomic E-state index is 0.166. The molecule has 2 atom stereocenters. The Balaban J connectivity index is 2.89. The molecule has 0 bridgehead atoms. The Labute approximate surface area is 101 Å². The molecule has 0 radical (unpaired) electrons. The van der Waals surface area contributed by atoms with Crippen LogP contribution < -0.4 is 5.73 Å². The minimum Gasteiger partial charge on any atom is -0.377 e. The molecule has 0 aliphatic carbocycles. The maximum atomic E-state index is 13.6. The minimum atomic E-state index is -0.456. The van der Waals surface area contributed by atoms with Gasteiger partial charge in [-0.15, -0.1) is 0 Å². The van der Waals surface area contributed by atoms with Crippen molar-refractivity contribution in [2.75, 3.05) is 6.61 Å². The molecule has 0 saturated heterocycles. The predicted molar refractivity (Wildman–Crippen MR) is 64.0 cm³/mol. The van der Waals surface area contributed by atoms with Gasteiger partial charge in [-0.2, -0.15) is 0 Å². The van der Waals surface area contributed by atoms with E-state index in [2.05, 4.69) is 0 Å². The van der Waals surface area contributed by atoms with E-state index < -0.39 is 6.04 Å². The van der Waals surface area contributed by atoms with Crippen LogP contribution in [0.3, 0.4) is 0 Å². The molecule has 0 fully saturated rings. The number of halogens is 2. The Kier molecular flexibility index (Phi) is 5.19. The Morgan fingerprint density at radius 1 is 1.44 bits per heavy atom. The zero-order chi connectivity index (χ0) is 12.1. The summed E-state index contributed by atoms with van der Waals surface area (Å²) in [6, 6.07) is 4.07. The van der Waals surface area contributed by atoms with Crippen LogP contribution in [-0.2, 0) is 4.74 Å². The van der Waals surface area contributed by atoms with Gasteiger partial charge in [0, 0.05) is 17.2 Å².